The predicted octanol–water partition coefficient (Wildman–Crippen LogP) is 3.62. The van der Waals surface area contributed by atoms with Gasteiger partial charge in [0.15, 0.2) is 6.10 Å². The van der Waals surface area contributed by atoms with Crippen LogP contribution in [0.1, 0.15) is 31.1 Å². The number of hydrogen-bond acceptors (Lipinski definition) is 1. The average molecular weight is 220 g/mol. The highest BCUT2D eigenvalue weighted by Gasteiger charge is 2.39. The molecule has 86 valence electrons. The van der Waals surface area contributed by atoms with E-state index in [2.05, 4.69) is 0 Å². The van der Waals surface area contributed by atoms with E-state index < -0.39 is 12.3 Å². The molecule has 0 aliphatic heterocycles. The third kappa shape index (κ3) is 4.34. The van der Waals surface area contributed by atoms with Crippen LogP contribution in [0.25, 0.3) is 0 Å². The fourth-order valence-electron chi connectivity index (χ4n) is 0.938. The SMILES string of the molecule is CC.Cc1ccc(C(O)C(F)(F)F)cc1. The molecule has 1 aromatic rings. The Labute approximate surface area is 87.6 Å². The molecule has 1 atom stereocenters. The lowest BCUT2D eigenvalue weighted by molar-refractivity contribution is -0.206. The summed E-state index contributed by atoms with van der Waals surface area (Å²) < 4.78 is 36.0. The molecule has 0 saturated heterocycles. The molecular formula is C11H15F3O. The van der Waals surface area contributed by atoms with Gasteiger partial charge in [-0.2, -0.15) is 13.2 Å². The van der Waals surface area contributed by atoms with Gasteiger partial charge in [-0.3, -0.25) is 0 Å². The number of halogens is 3. The summed E-state index contributed by atoms with van der Waals surface area (Å²) in [5.74, 6) is 0. The van der Waals surface area contributed by atoms with Gasteiger partial charge in [-0.05, 0) is 12.5 Å². The van der Waals surface area contributed by atoms with E-state index in [0.29, 0.717) is 0 Å². The van der Waals surface area contributed by atoms with Crippen molar-refractivity contribution in [2.75, 3.05) is 0 Å². The first-order valence-electron chi connectivity index (χ1n) is 4.72. The van der Waals surface area contributed by atoms with E-state index >= 15 is 0 Å². The average Bonchev–Trinajstić information content (AvgIpc) is 2.20. The first-order chi connectivity index (χ1) is 6.91. The molecule has 1 unspecified atom stereocenters. The summed E-state index contributed by atoms with van der Waals surface area (Å²) in [6.45, 7) is 5.77. The van der Waals surface area contributed by atoms with E-state index in [1.807, 2.05) is 13.8 Å². The summed E-state index contributed by atoms with van der Waals surface area (Å²) in [6, 6.07) is 5.61. The largest absolute Gasteiger partial charge is 0.418 e. The highest BCUT2D eigenvalue weighted by atomic mass is 19.4. The summed E-state index contributed by atoms with van der Waals surface area (Å²) in [5, 5.41) is 8.82. The zero-order valence-electron chi connectivity index (χ0n) is 8.97. The van der Waals surface area contributed by atoms with Gasteiger partial charge in [0, 0.05) is 0 Å². The van der Waals surface area contributed by atoms with Crippen molar-refractivity contribution in [3.8, 4) is 0 Å². The minimum absolute atomic E-state index is 0.127. The van der Waals surface area contributed by atoms with E-state index in [1.165, 1.54) is 24.3 Å². The Morgan fingerprint density at radius 2 is 1.47 bits per heavy atom. The first-order valence-corrected chi connectivity index (χ1v) is 4.72. The van der Waals surface area contributed by atoms with Gasteiger partial charge in [0.25, 0.3) is 0 Å². The van der Waals surface area contributed by atoms with E-state index in [-0.39, 0.29) is 5.56 Å². The first kappa shape index (κ1) is 14.0. The maximum absolute atomic E-state index is 12.0. The topological polar surface area (TPSA) is 20.2 Å². The second-order valence-electron chi connectivity index (χ2n) is 2.85. The molecule has 0 aromatic heterocycles. The molecule has 0 fully saturated rings. The van der Waals surface area contributed by atoms with E-state index in [4.69, 9.17) is 5.11 Å². The van der Waals surface area contributed by atoms with Crippen molar-refractivity contribution in [1.82, 2.24) is 0 Å². The lowest BCUT2D eigenvalue weighted by Crippen LogP contribution is -2.19. The zero-order chi connectivity index (χ0) is 12.1. The summed E-state index contributed by atoms with van der Waals surface area (Å²) in [7, 11) is 0. The van der Waals surface area contributed by atoms with E-state index in [9.17, 15) is 13.2 Å². The second-order valence-corrected chi connectivity index (χ2v) is 2.85. The molecule has 1 nitrogen and oxygen atoms in total. The van der Waals surface area contributed by atoms with Gasteiger partial charge in [-0.15, -0.1) is 0 Å². The molecule has 0 bridgehead atoms. The van der Waals surface area contributed by atoms with Crippen molar-refractivity contribution in [3.63, 3.8) is 0 Å². The normalized spacial score (nSPS) is 12.7. The van der Waals surface area contributed by atoms with Crippen LogP contribution < -0.4 is 0 Å². The third-order valence-corrected chi connectivity index (χ3v) is 1.70. The number of aliphatic hydroxyl groups is 1. The van der Waals surface area contributed by atoms with Crippen LogP contribution in [0.2, 0.25) is 0 Å². The predicted molar refractivity (Wildman–Crippen MR) is 53.5 cm³/mol. The molecule has 0 spiro atoms. The number of hydrogen-bond donors (Lipinski definition) is 1. The van der Waals surface area contributed by atoms with Gasteiger partial charge in [-0.25, -0.2) is 0 Å². The van der Waals surface area contributed by atoms with Crippen molar-refractivity contribution in [2.45, 2.75) is 33.1 Å². The minimum Gasteiger partial charge on any atom is -0.379 e. The van der Waals surface area contributed by atoms with Gasteiger partial charge in [-0.1, -0.05) is 43.7 Å². The zero-order valence-corrected chi connectivity index (χ0v) is 8.97. The number of aliphatic hydroxyl groups excluding tert-OH is 1. The molecule has 0 heterocycles. The van der Waals surface area contributed by atoms with Crippen molar-refractivity contribution in [3.05, 3.63) is 35.4 Å². The summed E-state index contributed by atoms with van der Waals surface area (Å²) >= 11 is 0. The van der Waals surface area contributed by atoms with Crippen LogP contribution in [0.15, 0.2) is 24.3 Å². The van der Waals surface area contributed by atoms with Crippen LogP contribution in [-0.2, 0) is 0 Å². The number of rotatable bonds is 1. The van der Waals surface area contributed by atoms with Crippen LogP contribution in [0.5, 0.6) is 0 Å². The minimum atomic E-state index is -4.59. The lowest BCUT2D eigenvalue weighted by Gasteiger charge is -2.14. The molecule has 0 amide bonds. The Morgan fingerprint density at radius 1 is 1.07 bits per heavy atom. The Balaban J connectivity index is 0.000000921. The Kier molecular flexibility index (Phi) is 5.36. The van der Waals surface area contributed by atoms with Gasteiger partial charge in [0.2, 0.25) is 0 Å². The maximum Gasteiger partial charge on any atom is 0.418 e. The van der Waals surface area contributed by atoms with Crippen LogP contribution in [0.4, 0.5) is 13.2 Å². The maximum atomic E-state index is 12.0. The standard InChI is InChI=1S/C9H9F3O.C2H6/c1-6-2-4-7(5-3-6)8(13)9(10,11)12;1-2/h2-5,8,13H,1H3;1-2H3. The Bertz CT molecular complexity index is 277. The van der Waals surface area contributed by atoms with Crippen molar-refractivity contribution >= 4 is 0 Å². The molecule has 15 heavy (non-hydrogen) atoms. The fraction of sp³-hybridized carbons (Fsp3) is 0.455. The molecular weight excluding hydrogens is 205 g/mol. The molecule has 0 aliphatic carbocycles. The fourth-order valence-corrected chi connectivity index (χ4v) is 0.938. The summed E-state index contributed by atoms with van der Waals surface area (Å²) in [4.78, 5) is 0. The molecule has 1 rings (SSSR count). The smallest absolute Gasteiger partial charge is 0.379 e. The van der Waals surface area contributed by atoms with Crippen LogP contribution >= 0.6 is 0 Å². The van der Waals surface area contributed by atoms with Gasteiger partial charge in [0.1, 0.15) is 0 Å². The molecule has 0 radical (unpaired) electrons. The second kappa shape index (κ2) is 5.75. The van der Waals surface area contributed by atoms with Crippen LogP contribution in [-0.4, -0.2) is 11.3 Å². The lowest BCUT2D eigenvalue weighted by atomic mass is 10.1. The molecule has 1 aromatic carbocycles. The number of benzene rings is 1. The quantitative estimate of drug-likeness (QED) is 0.766. The van der Waals surface area contributed by atoms with Crippen molar-refractivity contribution in [2.24, 2.45) is 0 Å². The molecule has 4 heteroatoms. The highest BCUT2D eigenvalue weighted by molar-refractivity contribution is 5.23. The van der Waals surface area contributed by atoms with Crippen LogP contribution in [0, 0.1) is 6.92 Å². The molecule has 1 N–H and O–H groups in total. The van der Waals surface area contributed by atoms with Crippen molar-refractivity contribution < 1.29 is 18.3 Å². The van der Waals surface area contributed by atoms with E-state index in [0.717, 1.165) is 5.56 Å². The van der Waals surface area contributed by atoms with E-state index in [1.54, 1.807) is 6.92 Å². The number of alkyl halides is 3. The highest BCUT2D eigenvalue weighted by Crippen LogP contribution is 2.32. The molecule has 0 aliphatic rings. The van der Waals surface area contributed by atoms with Gasteiger partial charge in [0.05, 0.1) is 0 Å². The summed E-state index contributed by atoms with van der Waals surface area (Å²) in [6.07, 6.45) is -6.97. The van der Waals surface area contributed by atoms with Crippen LogP contribution in [0.3, 0.4) is 0 Å². The molecule has 0 saturated carbocycles. The monoisotopic (exact) mass is 220 g/mol. The van der Waals surface area contributed by atoms with Crippen molar-refractivity contribution in [1.29, 1.82) is 0 Å². The Morgan fingerprint density at radius 3 is 1.80 bits per heavy atom. The van der Waals surface area contributed by atoms with Gasteiger partial charge < -0.3 is 5.11 Å². The third-order valence-electron chi connectivity index (χ3n) is 1.70. The Hall–Kier alpha value is -1.03. The van der Waals surface area contributed by atoms with Gasteiger partial charge >= 0.3 is 6.18 Å². The summed E-state index contributed by atoms with van der Waals surface area (Å²) in [5.41, 5.74) is 0.733. The number of aryl methyl sites for hydroxylation is 1.